The van der Waals surface area contributed by atoms with Crippen molar-refractivity contribution in [3.05, 3.63) is 0 Å². The standard InChI is InChI=1S/C8H16N2O2/c1-6(9-2)10-5-3-4-7(10)8(11)12/h6-7,9H,3-5H2,1-2H3,(H,11,12). The molecule has 0 spiro atoms. The number of nitrogens with one attached hydrogen (secondary N) is 1. The number of rotatable bonds is 3. The van der Waals surface area contributed by atoms with Gasteiger partial charge < -0.3 is 10.4 Å². The van der Waals surface area contributed by atoms with Gasteiger partial charge in [-0.05, 0) is 26.8 Å². The molecule has 70 valence electrons. The van der Waals surface area contributed by atoms with Gasteiger partial charge in [0.2, 0.25) is 0 Å². The lowest BCUT2D eigenvalue weighted by Gasteiger charge is -2.27. The van der Waals surface area contributed by atoms with Gasteiger partial charge in [-0.25, -0.2) is 0 Å². The molecule has 1 heterocycles. The maximum Gasteiger partial charge on any atom is 0.320 e. The molecule has 4 heteroatoms. The summed E-state index contributed by atoms with van der Waals surface area (Å²) in [7, 11) is 1.85. The van der Waals surface area contributed by atoms with E-state index in [0.717, 1.165) is 19.4 Å². The van der Waals surface area contributed by atoms with Gasteiger partial charge in [0.25, 0.3) is 0 Å². The van der Waals surface area contributed by atoms with Gasteiger partial charge in [0.1, 0.15) is 6.04 Å². The van der Waals surface area contributed by atoms with Gasteiger partial charge in [-0.2, -0.15) is 0 Å². The highest BCUT2D eigenvalue weighted by Crippen LogP contribution is 2.18. The van der Waals surface area contributed by atoms with E-state index in [9.17, 15) is 4.79 Å². The number of carboxylic acid groups (broad SMARTS) is 1. The molecule has 0 radical (unpaired) electrons. The van der Waals surface area contributed by atoms with Crippen molar-refractivity contribution in [3.63, 3.8) is 0 Å². The summed E-state index contributed by atoms with van der Waals surface area (Å²) in [5, 5.41) is 11.9. The largest absolute Gasteiger partial charge is 0.480 e. The van der Waals surface area contributed by atoms with E-state index in [2.05, 4.69) is 5.32 Å². The third-order valence-electron chi connectivity index (χ3n) is 2.49. The number of aliphatic carboxylic acids is 1. The molecular formula is C8H16N2O2. The fourth-order valence-corrected chi connectivity index (χ4v) is 1.68. The number of likely N-dealkylation sites (tertiary alicyclic amines) is 1. The Balaban J connectivity index is 2.57. The first kappa shape index (κ1) is 9.48. The lowest BCUT2D eigenvalue weighted by atomic mass is 10.2. The molecule has 1 aliphatic heterocycles. The monoisotopic (exact) mass is 172 g/mol. The topological polar surface area (TPSA) is 52.6 Å². The zero-order valence-corrected chi connectivity index (χ0v) is 7.58. The summed E-state index contributed by atoms with van der Waals surface area (Å²) in [6, 6.07) is -0.285. The minimum atomic E-state index is -0.699. The number of hydrogen-bond acceptors (Lipinski definition) is 3. The number of hydrogen-bond donors (Lipinski definition) is 2. The lowest BCUT2D eigenvalue weighted by molar-refractivity contribution is -0.143. The third-order valence-corrected chi connectivity index (χ3v) is 2.49. The first-order valence-electron chi connectivity index (χ1n) is 4.32. The molecule has 0 bridgehead atoms. The molecule has 1 fully saturated rings. The normalized spacial score (nSPS) is 27.3. The molecule has 2 unspecified atom stereocenters. The second-order valence-electron chi connectivity index (χ2n) is 3.20. The molecule has 0 aromatic heterocycles. The van der Waals surface area contributed by atoms with Crippen molar-refractivity contribution in [2.24, 2.45) is 0 Å². The molecule has 1 saturated heterocycles. The van der Waals surface area contributed by atoms with E-state index in [1.165, 1.54) is 0 Å². The van der Waals surface area contributed by atoms with Gasteiger partial charge in [0.05, 0.1) is 6.17 Å². The van der Waals surface area contributed by atoms with Crippen LogP contribution in [-0.2, 0) is 4.79 Å². The van der Waals surface area contributed by atoms with Crippen molar-refractivity contribution in [1.82, 2.24) is 10.2 Å². The predicted octanol–water partition coefficient (Wildman–Crippen LogP) is 0.101. The fourth-order valence-electron chi connectivity index (χ4n) is 1.68. The summed E-state index contributed by atoms with van der Waals surface area (Å²) in [6.07, 6.45) is 1.93. The molecule has 12 heavy (non-hydrogen) atoms. The minimum absolute atomic E-state index is 0.161. The molecule has 2 N–H and O–H groups in total. The van der Waals surface area contributed by atoms with Crippen molar-refractivity contribution in [3.8, 4) is 0 Å². The summed E-state index contributed by atoms with van der Waals surface area (Å²) < 4.78 is 0. The molecule has 1 rings (SSSR count). The number of carbonyl (C=O) groups is 1. The van der Waals surface area contributed by atoms with E-state index in [-0.39, 0.29) is 12.2 Å². The maximum absolute atomic E-state index is 10.8. The van der Waals surface area contributed by atoms with Crippen LogP contribution in [0.5, 0.6) is 0 Å². The zero-order chi connectivity index (χ0) is 9.14. The molecule has 4 nitrogen and oxygen atoms in total. The van der Waals surface area contributed by atoms with Crippen LogP contribution < -0.4 is 5.32 Å². The van der Waals surface area contributed by atoms with Crippen molar-refractivity contribution >= 4 is 5.97 Å². The highest BCUT2D eigenvalue weighted by atomic mass is 16.4. The summed E-state index contributed by atoms with van der Waals surface area (Å²) in [5.41, 5.74) is 0. The smallest absolute Gasteiger partial charge is 0.320 e. The second-order valence-corrected chi connectivity index (χ2v) is 3.20. The zero-order valence-electron chi connectivity index (χ0n) is 7.58. The van der Waals surface area contributed by atoms with E-state index >= 15 is 0 Å². The van der Waals surface area contributed by atoms with Gasteiger partial charge in [0, 0.05) is 6.54 Å². The van der Waals surface area contributed by atoms with Gasteiger partial charge >= 0.3 is 5.97 Å². The van der Waals surface area contributed by atoms with Crippen molar-refractivity contribution in [2.75, 3.05) is 13.6 Å². The van der Waals surface area contributed by atoms with E-state index < -0.39 is 5.97 Å². The molecule has 2 atom stereocenters. The summed E-state index contributed by atoms with van der Waals surface area (Å²) in [6.45, 7) is 2.88. The lowest BCUT2D eigenvalue weighted by Crippen LogP contribution is -2.47. The predicted molar refractivity (Wildman–Crippen MR) is 45.9 cm³/mol. The van der Waals surface area contributed by atoms with Crippen molar-refractivity contribution < 1.29 is 9.90 Å². The van der Waals surface area contributed by atoms with Crippen LogP contribution in [0.25, 0.3) is 0 Å². The van der Waals surface area contributed by atoms with E-state index in [4.69, 9.17) is 5.11 Å². The van der Waals surface area contributed by atoms with Gasteiger partial charge in [0.15, 0.2) is 0 Å². The van der Waals surface area contributed by atoms with Gasteiger partial charge in [-0.1, -0.05) is 0 Å². The van der Waals surface area contributed by atoms with Crippen LogP contribution in [0.4, 0.5) is 0 Å². The average Bonchev–Trinajstić information content (AvgIpc) is 2.50. The SMILES string of the molecule is CNC(C)N1CCCC1C(=O)O. The molecule has 0 saturated carbocycles. The second kappa shape index (κ2) is 3.87. The van der Waals surface area contributed by atoms with Crippen LogP contribution >= 0.6 is 0 Å². The van der Waals surface area contributed by atoms with Crippen LogP contribution in [0.3, 0.4) is 0 Å². The van der Waals surface area contributed by atoms with Gasteiger partial charge in [-0.15, -0.1) is 0 Å². The quantitative estimate of drug-likeness (QED) is 0.634. The first-order chi connectivity index (χ1) is 5.66. The Kier molecular flexibility index (Phi) is 3.05. The van der Waals surface area contributed by atoms with Crippen LogP contribution in [0.15, 0.2) is 0 Å². The molecule has 0 aliphatic carbocycles. The van der Waals surface area contributed by atoms with Crippen LogP contribution in [-0.4, -0.2) is 41.8 Å². The third kappa shape index (κ3) is 1.76. The molecule has 0 aromatic rings. The van der Waals surface area contributed by atoms with Crippen LogP contribution in [0.2, 0.25) is 0 Å². The Hall–Kier alpha value is -0.610. The van der Waals surface area contributed by atoms with Crippen LogP contribution in [0.1, 0.15) is 19.8 Å². The van der Waals surface area contributed by atoms with Crippen LogP contribution in [0, 0.1) is 0 Å². The van der Waals surface area contributed by atoms with E-state index in [1.807, 2.05) is 18.9 Å². The highest BCUT2D eigenvalue weighted by molar-refractivity contribution is 5.73. The van der Waals surface area contributed by atoms with E-state index in [0.29, 0.717) is 0 Å². The maximum atomic E-state index is 10.8. The summed E-state index contributed by atoms with van der Waals surface area (Å²) in [5.74, 6) is -0.699. The molecule has 1 aliphatic rings. The van der Waals surface area contributed by atoms with E-state index in [1.54, 1.807) is 0 Å². The Morgan fingerprint density at radius 1 is 1.75 bits per heavy atom. The Labute approximate surface area is 72.6 Å². The molecule has 0 amide bonds. The average molecular weight is 172 g/mol. The first-order valence-corrected chi connectivity index (χ1v) is 4.32. The molecular weight excluding hydrogens is 156 g/mol. The Bertz CT molecular complexity index is 172. The van der Waals surface area contributed by atoms with Crippen molar-refractivity contribution in [1.29, 1.82) is 0 Å². The fraction of sp³-hybridized carbons (Fsp3) is 0.875. The summed E-state index contributed by atoms with van der Waals surface area (Å²) >= 11 is 0. The molecule has 0 aromatic carbocycles. The minimum Gasteiger partial charge on any atom is -0.480 e. The highest BCUT2D eigenvalue weighted by Gasteiger charge is 2.32. The Morgan fingerprint density at radius 2 is 2.42 bits per heavy atom. The van der Waals surface area contributed by atoms with Gasteiger partial charge in [-0.3, -0.25) is 9.69 Å². The van der Waals surface area contributed by atoms with Crippen molar-refractivity contribution in [2.45, 2.75) is 32.0 Å². The summed E-state index contributed by atoms with van der Waals surface area (Å²) in [4.78, 5) is 12.8. The Morgan fingerprint density at radius 3 is 2.92 bits per heavy atom. The number of nitrogens with zero attached hydrogens (tertiary/aromatic N) is 1. The number of carboxylic acids is 1.